The third kappa shape index (κ3) is 5.83. The number of rotatable bonds is 7. The number of aryl methyl sites for hydroxylation is 1. The van der Waals surface area contributed by atoms with E-state index in [0.717, 1.165) is 18.5 Å². The lowest BCUT2D eigenvalue weighted by atomic mass is 9.85. The van der Waals surface area contributed by atoms with E-state index in [0.29, 0.717) is 13.0 Å². The number of ether oxygens (including phenoxy) is 2. The highest BCUT2D eigenvalue weighted by Gasteiger charge is 2.70. The minimum absolute atomic E-state index is 0.0378. The van der Waals surface area contributed by atoms with Crippen molar-refractivity contribution in [2.75, 3.05) is 13.7 Å². The molecule has 3 aliphatic rings. The molecule has 2 unspecified atom stereocenters. The first kappa shape index (κ1) is 29.9. The smallest absolute Gasteiger partial charge is 0.408 e. The summed E-state index contributed by atoms with van der Waals surface area (Å²) in [7, 11) is 1.30. The monoisotopic (exact) mass is 559 g/mol. The van der Waals surface area contributed by atoms with E-state index in [2.05, 4.69) is 29.6 Å². The zero-order valence-electron chi connectivity index (χ0n) is 25.2. The van der Waals surface area contributed by atoms with Gasteiger partial charge in [0.1, 0.15) is 23.7 Å². The molecule has 11 heteroatoms. The van der Waals surface area contributed by atoms with Crippen molar-refractivity contribution in [3.05, 3.63) is 18.0 Å². The third-order valence-electron chi connectivity index (χ3n) is 8.68. The van der Waals surface area contributed by atoms with Gasteiger partial charge in [-0.1, -0.05) is 34.6 Å². The van der Waals surface area contributed by atoms with Crippen LogP contribution in [0.25, 0.3) is 0 Å². The van der Waals surface area contributed by atoms with Gasteiger partial charge in [0.05, 0.1) is 13.2 Å². The minimum Gasteiger partial charge on any atom is -0.467 e. The maximum atomic E-state index is 14.0. The Morgan fingerprint density at radius 3 is 2.40 bits per heavy atom. The standard InChI is InChI=1S/C29H45N5O6/c1-27(2,3)22(32-26(38)40-28(4,5)6)24(36)33-15-18-20(29(18,7)8)21(33)23(35)31-19(25(37)39-9)14-17-11-10-16-12-13-30-34(16)17/h12-13,17-22H,10-11,14-15H2,1-9H3,(H,31,35)(H,32,38)/t17?,18-,19?,20-,21-,22+/m0/s1. The summed E-state index contributed by atoms with van der Waals surface area (Å²) >= 11 is 0. The highest BCUT2D eigenvalue weighted by atomic mass is 16.6. The fourth-order valence-corrected chi connectivity index (χ4v) is 6.46. The molecule has 1 saturated heterocycles. The quantitative estimate of drug-likeness (QED) is 0.491. The molecule has 0 spiro atoms. The molecular formula is C29H45N5O6. The van der Waals surface area contributed by atoms with Crippen LogP contribution < -0.4 is 10.6 Å². The molecule has 1 aromatic rings. The summed E-state index contributed by atoms with van der Waals surface area (Å²) in [5.74, 6) is -1.16. The molecule has 3 heterocycles. The van der Waals surface area contributed by atoms with Gasteiger partial charge in [-0.15, -0.1) is 0 Å². The zero-order valence-corrected chi connectivity index (χ0v) is 25.2. The molecule has 6 atom stereocenters. The molecule has 0 radical (unpaired) electrons. The molecule has 11 nitrogen and oxygen atoms in total. The molecule has 4 rings (SSSR count). The molecule has 0 aromatic carbocycles. The molecule has 1 aromatic heterocycles. The molecule has 40 heavy (non-hydrogen) atoms. The summed E-state index contributed by atoms with van der Waals surface area (Å²) in [5.41, 5.74) is -0.391. The van der Waals surface area contributed by atoms with E-state index in [1.165, 1.54) is 7.11 Å². The molecule has 2 aliphatic heterocycles. The number of hydrogen-bond donors (Lipinski definition) is 2. The van der Waals surface area contributed by atoms with Gasteiger partial charge in [-0.3, -0.25) is 14.3 Å². The Kier molecular flexibility index (Phi) is 7.75. The minimum atomic E-state index is -0.911. The number of piperidine rings is 1. The lowest BCUT2D eigenvalue weighted by molar-refractivity contribution is -0.148. The number of amides is 3. The van der Waals surface area contributed by atoms with Crippen LogP contribution in [-0.2, 0) is 30.3 Å². The van der Waals surface area contributed by atoms with E-state index in [-0.39, 0.29) is 35.1 Å². The summed E-state index contributed by atoms with van der Waals surface area (Å²) in [6, 6.07) is -0.641. The fraction of sp³-hybridized carbons (Fsp3) is 0.759. The Morgan fingerprint density at radius 2 is 1.80 bits per heavy atom. The Labute approximate surface area is 236 Å². The largest absolute Gasteiger partial charge is 0.467 e. The van der Waals surface area contributed by atoms with Crippen molar-refractivity contribution in [2.24, 2.45) is 22.7 Å². The highest BCUT2D eigenvalue weighted by Crippen LogP contribution is 2.65. The normalized spacial score (nSPS) is 26.3. The Balaban J connectivity index is 1.55. The Bertz CT molecular complexity index is 1160. The van der Waals surface area contributed by atoms with Gasteiger partial charge in [-0.2, -0.15) is 5.10 Å². The van der Waals surface area contributed by atoms with Crippen molar-refractivity contribution in [3.63, 3.8) is 0 Å². The van der Waals surface area contributed by atoms with E-state index in [4.69, 9.17) is 9.47 Å². The van der Waals surface area contributed by atoms with Crippen LogP contribution >= 0.6 is 0 Å². The molecule has 1 saturated carbocycles. The van der Waals surface area contributed by atoms with Gasteiger partial charge in [0.2, 0.25) is 11.8 Å². The van der Waals surface area contributed by atoms with Crippen LogP contribution in [0.15, 0.2) is 12.3 Å². The van der Waals surface area contributed by atoms with Crippen LogP contribution in [-0.4, -0.2) is 75.9 Å². The van der Waals surface area contributed by atoms with E-state index in [1.807, 2.05) is 31.5 Å². The van der Waals surface area contributed by atoms with E-state index in [9.17, 15) is 19.2 Å². The molecule has 3 amide bonds. The second-order valence-corrected chi connectivity index (χ2v) is 14.1. The molecule has 1 aliphatic carbocycles. The number of carbonyl (C=O) groups excluding carboxylic acids is 4. The predicted molar refractivity (Wildman–Crippen MR) is 147 cm³/mol. The van der Waals surface area contributed by atoms with Crippen LogP contribution in [0.3, 0.4) is 0 Å². The number of aromatic nitrogens is 2. The van der Waals surface area contributed by atoms with Crippen molar-refractivity contribution in [2.45, 2.75) is 104 Å². The Morgan fingerprint density at radius 1 is 1.12 bits per heavy atom. The summed E-state index contributed by atoms with van der Waals surface area (Å²) < 4.78 is 12.4. The van der Waals surface area contributed by atoms with E-state index < -0.39 is 41.2 Å². The maximum absolute atomic E-state index is 14.0. The number of esters is 1. The first-order valence-corrected chi connectivity index (χ1v) is 14.2. The number of nitrogens with zero attached hydrogens (tertiary/aromatic N) is 3. The summed E-state index contributed by atoms with van der Waals surface area (Å²) in [6.45, 7) is 15.5. The summed E-state index contributed by atoms with van der Waals surface area (Å²) in [4.78, 5) is 55.0. The highest BCUT2D eigenvalue weighted by molar-refractivity contribution is 5.95. The van der Waals surface area contributed by atoms with Crippen molar-refractivity contribution >= 4 is 23.9 Å². The lowest BCUT2D eigenvalue weighted by Crippen LogP contribution is -2.60. The number of methoxy groups -OCH3 is 1. The van der Waals surface area contributed by atoms with Crippen molar-refractivity contribution < 1.29 is 28.7 Å². The first-order chi connectivity index (χ1) is 18.5. The second-order valence-electron chi connectivity index (χ2n) is 14.1. The van der Waals surface area contributed by atoms with Crippen LogP contribution in [0, 0.1) is 22.7 Å². The molecule has 2 N–H and O–H groups in total. The number of likely N-dealkylation sites (tertiary alicyclic amines) is 1. The average Bonchev–Trinajstić information content (AvgIpc) is 3.34. The van der Waals surface area contributed by atoms with Gasteiger partial charge in [0.15, 0.2) is 0 Å². The number of nitrogens with one attached hydrogen (secondary N) is 2. The second kappa shape index (κ2) is 10.4. The van der Waals surface area contributed by atoms with Crippen LogP contribution in [0.1, 0.15) is 80.0 Å². The molecular weight excluding hydrogens is 514 g/mol. The SMILES string of the molecule is COC(=O)C(CC1CCc2ccnn21)NC(=O)[C@@H]1[C@@H]2[C@H](CN1C(=O)[C@@H](NC(=O)OC(C)(C)C)C(C)(C)C)C2(C)C. The molecule has 222 valence electrons. The fourth-order valence-electron chi connectivity index (χ4n) is 6.46. The van der Waals surface area contributed by atoms with E-state index in [1.54, 1.807) is 31.9 Å². The van der Waals surface area contributed by atoms with Gasteiger partial charge >= 0.3 is 12.1 Å². The van der Waals surface area contributed by atoms with Gasteiger partial charge in [-0.25, -0.2) is 9.59 Å². The van der Waals surface area contributed by atoms with Crippen LogP contribution in [0.5, 0.6) is 0 Å². The van der Waals surface area contributed by atoms with E-state index >= 15 is 0 Å². The maximum Gasteiger partial charge on any atom is 0.408 e. The summed E-state index contributed by atoms with van der Waals surface area (Å²) in [6.07, 6.45) is 3.07. The zero-order chi connectivity index (χ0) is 29.8. The molecule has 2 fully saturated rings. The number of alkyl carbamates (subject to hydrolysis) is 1. The first-order valence-electron chi connectivity index (χ1n) is 14.2. The van der Waals surface area contributed by atoms with Crippen LogP contribution in [0.2, 0.25) is 0 Å². The number of fused-ring (bicyclic) bond motifs is 2. The summed E-state index contributed by atoms with van der Waals surface area (Å²) in [5, 5.41) is 10.1. The van der Waals surface area contributed by atoms with Gasteiger partial charge in [-0.05, 0) is 62.3 Å². The number of hydrogen-bond acceptors (Lipinski definition) is 7. The number of carbonyl (C=O) groups is 4. The van der Waals surface area contributed by atoms with Gasteiger partial charge in [0.25, 0.3) is 0 Å². The van der Waals surface area contributed by atoms with Crippen molar-refractivity contribution in [1.29, 1.82) is 0 Å². The average molecular weight is 560 g/mol. The lowest BCUT2D eigenvalue weighted by Gasteiger charge is -2.38. The van der Waals surface area contributed by atoms with Crippen LogP contribution in [0.4, 0.5) is 4.79 Å². The van der Waals surface area contributed by atoms with Crippen molar-refractivity contribution in [3.8, 4) is 0 Å². The van der Waals surface area contributed by atoms with Gasteiger partial charge in [0, 0.05) is 24.9 Å². The van der Waals surface area contributed by atoms with Crippen molar-refractivity contribution in [1.82, 2.24) is 25.3 Å². The third-order valence-corrected chi connectivity index (χ3v) is 8.68. The predicted octanol–water partition coefficient (Wildman–Crippen LogP) is 2.84. The Hall–Kier alpha value is -3.11. The molecule has 0 bridgehead atoms. The van der Waals surface area contributed by atoms with Gasteiger partial charge < -0.3 is 25.0 Å². The topological polar surface area (TPSA) is 132 Å².